The van der Waals surface area contributed by atoms with Gasteiger partial charge >= 0.3 is 5.97 Å². The summed E-state index contributed by atoms with van der Waals surface area (Å²) in [6.07, 6.45) is 1.41. The highest BCUT2D eigenvalue weighted by Crippen LogP contribution is 2.33. The third-order valence-corrected chi connectivity index (χ3v) is 3.94. The van der Waals surface area contributed by atoms with Gasteiger partial charge < -0.3 is 5.11 Å². The molecule has 2 aromatic carbocycles. The molecule has 0 atom stereocenters. The van der Waals surface area contributed by atoms with Crippen LogP contribution in [0.3, 0.4) is 0 Å². The topological polar surface area (TPSA) is 63.1 Å². The highest BCUT2D eigenvalue weighted by atomic mass is 32.2. The van der Waals surface area contributed by atoms with Gasteiger partial charge in [0.15, 0.2) is 0 Å². The molecule has 1 aromatic heterocycles. The maximum absolute atomic E-state index is 13.9. The van der Waals surface area contributed by atoms with E-state index in [1.807, 2.05) is 24.3 Å². The lowest BCUT2D eigenvalue weighted by Gasteiger charge is -2.06. The molecule has 0 radical (unpaired) electrons. The van der Waals surface area contributed by atoms with Crippen molar-refractivity contribution >= 4 is 28.6 Å². The Morgan fingerprint density at radius 1 is 1.14 bits per heavy atom. The summed E-state index contributed by atoms with van der Waals surface area (Å²) in [6, 6.07) is 11.1. The first-order valence-corrected chi connectivity index (χ1v) is 6.87. The van der Waals surface area contributed by atoms with Crippen molar-refractivity contribution in [2.75, 3.05) is 0 Å². The van der Waals surface area contributed by atoms with Crippen molar-refractivity contribution in [1.82, 2.24) is 9.97 Å². The summed E-state index contributed by atoms with van der Waals surface area (Å²) in [5.41, 5.74) is 0.794. The van der Waals surface area contributed by atoms with Crippen molar-refractivity contribution in [2.24, 2.45) is 0 Å². The number of aromatic carboxylic acids is 1. The van der Waals surface area contributed by atoms with Gasteiger partial charge in [0, 0.05) is 5.39 Å². The minimum Gasteiger partial charge on any atom is -0.478 e. The monoisotopic (exact) mass is 300 g/mol. The third kappa shape index (κ3) is 2.71. The maximum atomic E-state index is 13.9. The Kier molecular flexibility index (Phi) is 3.53. The lowest BCUT2D eigenvalue weighted by Crippen LogP contribution is -1.97. The predicted molar refractivity (Wildman–Crippen MR) is 77.0 cm³/mol. The minimum absolute atomic E-state index is 0.0391. The normalized spacial score (nSPS) is 10.7. The van der Waals surface area contributed by atoms with E-state index >= 15 is 0 Å². The van der Waals surface area contributed by atoms with Gasteiger partial charge in [-0.15, -0.1) is 0 Å². The Morgan fingerprint density at radius 2 is 1.95 bits per heavy atom. The molecule has 3 aromatic rings. The van der Waals surface area contributed by atoms with Gasteiger partial charge in [-0.25, -0.2) is 19.2 Å². The molecule has 0 saturated heterocycles. The Labute approximate surface area is 123 Å². The van der Waals surface area contributed by atoms with Crippen molar-refractivity contribution in [3.05, 3.63) is 60.2 Å². The summed E-state index contributed by atoms with van der Waals surface area (Å²) in [7, 11) is 0. The number of nitrogens with zero attached hydrogens (tertiary/aromatic N) is 2. The molecule has 0 aliphatic rings. The standard InChI is InChI=1S/C15H9FN2O2S/c16-11-6-5-9(15(19)20)7-13(11)21-14-10-3-1-2-4-12(10)17-8-18-14/h1-8H,(H,19,20). The van der Waals surface area contributed by atoms with Gasteiger partial charge in [0.05, 0.1) is 16.0 Å². The van der Waals surface area contributed by atoms with E-state index in [1.165, 1.54) is 18.5 Å². The van der Waals surface area contributed by atoms with Crippen LogP contribution in [0.1, 0.15) is 10.4 Å². The summed E-state index contributed by atoms with van der Waals surface area (Å²) in [5.74, 6) is -1.57. The molecule has 4 nitrogen and oxygen atoms in total. The number of benzene rings is 2. The van der Waals surface area contributed by atoms with Gasteiger partial charge in [0.25, 0.3) is 0 Å². The summed E-state index contributed by atoms with van der Waals surface area (Å²) in [4.78, 5) is 19.5. The number of fused-ring (bicyclic) bond motifs is 1. The molecule has 0 amide bonds. The van der Waals surface area contributed by atoms with Gasteiger partial charge in [-0.1, -0.05) is 30.0 Å². The first-order valence-electron chi connectivity index (χ1n) is 6.05. The summed E-state index contributed by atoms with van der Waals surface area (Å²) >= 11 is 1.09. The Bertz CT molecular complexity index is 834. The fourth-order valence-electron chi connectivity index (χ4n) is 1.88. The van der Waals surface area contributed by atoms with Crippen LogP contribution in [0.4, 0.5) is 4.39 Å². The van der Waals surface area contributed by atoms with E-state index in [-0.39, 0.29) is 10.5 Å². The molecule has 104 valence electrons. The quantitative estimate of drug-likeness (QED) is 0.748. The van der Waals surface area contributed by atoms with Gasteiger partial charge in [-0.05, 0) is 24.3 Å². The first-order chi connectivity index (χ1) is 10.1. The number of carbonyl (C=O) groups is 1. The van der Waals surface area contributed by atoms with Crippen LogP contribution in [-0.4, -0.2) is 21.0 Å². The van der Waals surface area contributed by atoms with Gasteiger partial charge in [-0.2, -0.15) is 0 Å². The van der Waals surface area contributed by atoms with Crippen LogP contribution < -0.4 is 0 Å². The molecule has 21 heavy (non-hydrogen) atoms. The van der Waals surface area contributed by atoms with Gasteiger partial charge in [0.2, 0.25) is 0 Å². The number of hydrogen-bond acceptors (Lipinski definition) is 4. The molecule has 0 saturated carbocycles. The second-order valence-corrected chi connectivity index (χ2v) is 5.28. The zero-order chi connectivity index (χ0) is 14.8. The summed E-state index contributed by atoms with van der Waals surface area (Å²) < 4.78 is 13.9. The largest absolute Gasteiger partial charge is 0.478 e. The average Bonchev–Trinajstić information content (AvgIpc) is 2.49. The van der Waals surface area contributed by atoms with E-state index in [2.05, 4.69) is 9.97 Å². The number of aromatic nitrogens is 2. The van der Waals surface area contributed by atoms with Crippen LogP contribution in [0.5, 0.6) is 0 Å². The Hall–Kier alpha value is -2.47. The van der Waals surface area contributed by atoms with Crippen LogP contribution in [0.25, 0.3) is 10.9 Å². The molecule has 0 bridgehead atoms. The average molecular weight is 300 g/mol. The smallest absolute Gasteiger partial charge is 0.335 e. The number of hydrogen-bond donors (Lipinski definition) is 1. The van der Waals surface area contributed by atoms with Crippen molar-refractivity contribution in [2.45, 2.75) is 9.92 Å². The van der Waals surface area contributed by atoms with Crippen molar-refractivity contribution in [3.8, 4) is 0 Å². The highest BCUT2D eigenvalue weighted by molar-refractivity contribution is 7.99. The summed E-state index contributed by atoms with van der Waals surface area (Å²) in [6.45, 7) is 0. The lowest BCUT2D eigenvalue weighted by atomic mass is 10.2. The third-order valence-electron chi connectivity index (χ3n) is 2.89. The molecule has 0 aliphatic carbocycles. The van der Waals surface area contributed by atoms with E-state index in [4.69, 9.17) is 5.11 Å². The van der Waals surface area contributed by atoms with Crippen molar-refractivity contribution in [1.29, 1.82) is 0 Å². The highest BCUT2D eigenvalue weighted by Gasteiger charge is 2.12. The minimum atomic E-state index is -1.09. The molecule has 1 N–H and O–H groups in total. The fourth-order valence-corrected chi connectivity index (χ4v) is 2.82. The number of rotatable bonds is 3. The van der Waals surface area contributed by atoms with Crippen molar-refractivity contribution in [3.63, 3.8) is 0 Å². The second kappa shape index (κ2) is 5.49. The molecule has 0 fully saturated rings. The molecular weight excluding hydrogens is 291 g/mol. The Balaban J connectivity index is 2.06. The zero-order valence-electron chi connectivity index (χ0n) is 10.7. The van der Waals surface area contributed by atoms with Crippen LogP contribution >= 0.6 is 11.8 Å². The number of halogens is 1. The van der Waals surface area contributed by atoms with Crippen LogP contribution in [-0.2, 0) is 0 Å². The predicted octanol–water partition coefficient (Wildman–Crippen LogP) is 3.62. The Morgan fingerprint density at radius 3 is 2.76 bits per heavy atom. The number of para-hydroxylation sites is 1. The van der Waals surface area contributed by atoms with Crippen molar-refractivity contribution < 1.29 is 14.3 Å². The van der Waals surface area contributed by atoms with E-state index in [0.29, 0.717) is 5.03 Å². The lowest BCUT2D eigenvalue weighted by molar-refractivity contribution is 0.0696. The van der Waals surface area contributed by atoms with E-state index in [9.17, 15) is 9.18 Å². The van der Waals surface area contributed by atoms with E-state index in [1.54, 1.807) is 0 Å². The molecule has 3 rings (SSSR count). The maximum Gasteiger partial charge on any atom is 0.335 e. The first kappa shape index (κ1) is 13.5. The number of carboxylic acids is 1. The van der Waals surface area contributed by atoms with Gasteiger partial charge in [-0.3, -0.25) is 0 Å². The summed E-state index contributed by atoms with van der Waals surface area (Å²) in [5, 5.41) is 10.4. The molecule has 0 spiro atoms. The van der Waals surface area contributed by atoms with Crippen LogP contribution in [0.2, 0.25) is 0 Å². The molecule has 1 heterocycles. The SMILES string of the molecule is O=C(O)c1ccc(F)c(Sc2ncnc3ccccc23)c1. The van der Waals surface area contributed by atoms with Crippen LogP contribution in [0.15, 0.2) is 58.7 Å². The van der Waals surface area contributed by atoms with E-state index < -0.39 is 11.8 Å². The van der Waals surface area contributed by atoms with Crippen LogP contribution in [0, 0.1) is 5.82 Å². The molecular formula is C15H9FN2O2S. The van der Waals surface area contributed by atoms with Gasteiger partial charge in [0.1, 0.15) is 17.2 Å². The zero-order valence-corrected chi connectivity index (χ0v) is 11.5. The molecule has 6 heteroatoms. The molecule has 0 aliphatic heterocycles. The molecule has 0 unspecified atom stereocenters. The van der Waals surface area contributed by atoms with E-state index in [0.717, 1.165) is 28.7 Å². The second-order valence-electron chi connectivity index (χ2n) is 4.25. The number of carboxylic acid groups (broad SMARTS) is 1. The fraction of sp³-hybridized carbons (Fsp3) is 0.